The lowest BCUT2D eigenvalue weighted by atomic mass is 10.0. The second kappa shape index (κ2) is 7.17. The first-order valence-corrected chi connectivity index (χ1v) is 8.99. The molecular weight excluding hydrogens is 326 g/mol. The lowest BCUT2D eigenvalue weighted by Crippen LogP contribution is -2.51. The topological polar surface area (TPSA) is 75.4 Å². The number of hydrogen-bond donors (Lipinski definition) is 1. The average Bonchev–Trinajstić information content (AvgIpc) is 3.24. The number of amides is 2. The van der Waals surface area contributed by atoms with E-state index in [9.17, 15) is 9.59 Å². The summed E-state index contributed by atoms with van der Waals surface area (Å²) >= 11 is 1.55. The normalized spacial score (nSPS) is 17.8. The number of likely N-dealkylation sites (N-methyl/N-ethyl adjacent to an activating group) is 1. The molecule has 7 heteroatoms. The Morgan fingerprint density at radius 1 is 1.46 bits per heavy atom. The first-order valence-electron chi connectivity index (χ1n) is 8.11. The second-order valence-electron chi connectivity index (χ2n) is 5.89. The van der Waals surface area contributed by atoms with Crippen molar-refractivity contribution in [3.8, 4) is 10.8 Å². The highest BCUT2D eigenvalue weighted by Gasteiger charge is 2.32. The molecule has 24 heavy (non-hydrogen) atoms. The Labute approximate surface area is 144 Å². The van der Waals surface area contributed by atoms with Gasteiger partial charge in [0.05, 0.1) is 17.0 Å². The Kier molecular flexibility index (Phi) is 4.99. The summed E-state index contributed by atoms with van der Waals surface area (Å²) in [4.78, 5) is 31.8. The number of rotatable bonds is 4. The zero-order chi connectivity index (χ0) is 17.1. The number of thiophene rings is 1. The van der Waals surface area contributed by atoms with Gasteiger partial charge >= 0.3 is 0 Å². The van der Waals surface area contributed by atoms with Gasteiger partial charge in [-0.05, 0) is 37.6 Å². The van der Waals surface area contributed by atoms with Crippen molar-refractivity contribution in [2.45, 2.75) is 38.6 Å². The van der Waals surface area contributed by atoms with Gasteiger partial charge in [0.1, 0.15) is 11.8 Å². The van der Waals surface area contributed by atoms with E-state index in [0.717, 1.165) is 17.7 Å². The summed E-state index contributed by atoms with van der Waals surface area (Å²) in [5.74, 6) is 1.03. The Balaban J connectivity index is 1.75. The molecule has 0 saturated carbocycles. The molecule has 2 amide bonds. The summed E-state index contributed by atoms with van der Waals surface area (Å²) in [6, 6.07) is 3.50. The van der Waals surface area contributed by atoms with Crippen LogP contribution in [0.5, 0.6) is 0 Å². The van der Waals surface area contributed by atoms with Gasteiger partial charge < -0.3 is 14.6 Å². The zero-order valence-electron chi connectivity index (χ0n) is 13.9. The van der Waals surface area contributed by atoms with Crippen LogP contribution in [0.25, 0.3) is 10.8 Å². The molecule has 1 aliphatic rings. The largest absolute Gasteiger partial charge is 0.440 e. The van der Waals surface area contributed by atoms with E-state index in [2.05, 4.69) is 10.3 Å². The minimum atomic E-state index is -0.375. The number of likely N-dealkylation sites (tertiary alicyclic amines) is 1. The molecule has 0 aliphatic carbocycles. The quantitative estimate of drug-likeness (QED) is 0.921. The molecule has 128 valence electrons. The monoisotopic (exact) mass is 347 g/mol. The maximum Gasteiger partial charge on any atom is 0.242 e. The highest BCUT2D eigenvalue weighted by Crippen LogP contribution is 2.26. The van der Waals surface area contributed by atoms with Crippen LogP contribution in [0.3, 0.4) is 0 Å². The van der Waals surface area contributed by atoms with Crippen LogP contribution in [0.4, 0.5) is 0 Å². The summed E-state index contributed by atoms with van der Waals surface area (Å²) in [5.41, 5.74) is 0.643. The third-order valence-electron chi connectivity index (χ3n) is 4.32. The number of nitrogens with zero attached hydrogens (tertiary/aromatic N) is 2. The van der Waals surface area contributed by atoms with Gasteiger partial charge in [0.15, 0.2) is 0 Å². The van der Waals surface area contributed by atoms with E-state index >= 15 is 0 Å². The summed E-state index contributed by atoms with van der Waals surface area (Å²) in [6.07, 6.45) is 2.77. The van der Waals surface area contributed by atoms with E-state index in [4.69, 9.17) is 4.42 Å². The Morgan fingerprint density at radius 3 is 3.00 bits per heavy atom. The number of carbonyl (C=O) groups excluding carboxylic acids is 2. The highest BCUT2D eigenvalue weighted by molar-refractivity contribution is 7.13. The molecule has 1 saturated heterocycles. The first kappa shape index (κ1) is 16.7. The fraction of sp³-hybridized carbons (Fsp3) is 0.471. The first-order chi connectivity index (χ1) is 11.6. The van der Waals surface area contributed by atoms with Gasteiger partial charge in [-0.25, -0.2) is 4.98 Å². The van der Waals surface area contributed by atoms with Gasteiger partial charge in [0.25, 0.3) is 0 Å². The van der Waals surface area contributed by atoms with Gasteiger partial charge in [-0.15, -0.1) is 11.3 Å². The molecule has 3 heterocycles. The standard InChI is InChI=1S/C17H21N3O3S/c1-11-12(19-17(23-11)14-7-5-9-24-14)10-15(21)20-8-4-3-6-13(20)16(22)18-2/h5,7,9,13H,3-4,6,8,10H2,1-2H3,(H,18,22)/t13-/m0/s1. The van der Waals surface area contributed by atoms with E-state index in [1.54, 1.807) is 23.3 Å². The van der Waals surface area contributed by atoms with Crippen molar-refractivity contribution in [1.29, 1.82) is 0 Å². The summed E-state index contributed by atoms with van der Waals surface area (Å²) in [7, 11) is 1.61. The minimum Gasteiger partial charge on any atom is -0.440 e. The lowest BCUT2D eigenvalue weighted by Gasteiger charge is -2.34. The molecule has 1 aliphatic heterocycles. The van der Waals surface area contributed by atoms with E-state index < -0.39 is 0 Å². The fourth-order valence-corrected chi connectivity index (χ4v) is 3.66. The number of oxazole rings is 1. The molecule has 0 bridgehead atoms. The van der Waals surface area contributed by atoms with Crippen LogP contribution in [0.1, 0.15) is 30.7 Å². The SMILES string of the molecule is CNC(=O)[C@@H]1CCCCN1C(=O)Cc1nc(-c2cccs2)oc1C. The van der Waals surface area contributed by atoms with Crippen molar-refractivity contribution < 1.29 is 14.0 Å². The Morgan fingerprint density at radius 2 is 2.29 bits per heavy atom. The maximum absolute atomic E-state index is 12.7. The number of nitrogens with one attached hydrogen (secondary N) is 1. The molecule has 6 nitrogen and oxygen atoms in total. The maximum atomic E-state index is 12.7. The molecule has 0 unspecified atom stereocenters. The highest BCUT2D eigenvalue weighted by atomic mass is 32.1. The van der Waals surface area contributed by atoms with E-state index in [-0.39, 0.29) is 24.3 Å². The molecule has 1 N–H and O–H groups in total. The zero-order valence-corrected chi connectivity index (χ0v) is 14.7. The van der Waals surface area contributed by atoms with Crippen molar-refractivity contribution in [3.63, 3.8) is 0 Å². The fourth-order valence-electron chi connectivity index (χ4n) is 3.01. The van der Waals surface area contributed by atoms with Crippen molar-refractivity contribution in [2.24, 2.45) is 0 Å². The number of aromatic nitrogens is 1. The predicted molar refractivity (Wildman–Crippen MR) is 91.7 cm³/mol. The summed E-state index contributed by atoms with van der Waals surface area (Å²) in [6.45, 7) is 2.44. The molecule has 1 fully saturated rings. The molecule has 2 aromatic rings. The smallest absolute Gasteiger partial charge is 0.242 e. The van der Waals surface area contributed by atoms with Crippen LogP contribution in [0.15, 0.2) is 21.9 Å². The van der Waals surface area contributed by atoms with Crippen LogP contribution in [-0.4, -0.2) is 41.3 Å². The molecule has 0 aromatic carbocycles. The molecule has 3 rings (SSSR count). The average molecular weight is 347 g/mol. The van der Waals surface area contributed by atoms with Crippen LogP contribution in [-0.2, 0) is 16.0 Å². The van der Waals surface area contributed by atoms with Crippen molar-refractivity contribution >= 4 is 23.2 Å². The third kappa shape index (κ3) is 3.36. The van der Waals surface area contributed by atoms with Gasteiger partial charge in [-0.3, -0.25) is 9.59 Å². The van der Waals surface area contributed by atoms with Crippen LogP contribution >= 0.6 is 11.3 Å². The number of aryl methyl sites for hydroxylation is 1. The number of hydrogen-bond acceptors (Lipinski definition) is 5. The third-order valence-corrected chi connectivity index (χ3v) is 5.17. The second-order valence-corrected chi connectivity index (χ2v) is 6.84. The van der Waals surface area contributed by atoms with Crippen molar-refractivity contribution in [1.82, 2.24) is 15.2 Å². The van der Waals surface area contributed by atoms with Crippen LogP contribution in [0, 0.1) is 6.92 Å². The minimum absolute atomic E-state index is 0.0718. The molecular formula is C17H21N3O3S. The van der Waals surface area contributed by atoms with Crippen molar-refractivity contribution in [3.05, 3.63) is 29.0 Å². The Hall–Kier alpha value is -2.15. The van der Waals surface area contributed by atoms with Crippen molar-refractivity contribution in [2.75, 3.05) is 13.6 Å². The van der Waals surface area contributed by atoms with Gasteiger partial charge in [-0.2, -0.15) is 0 Å². The van der Waals surface area contributed by atoms with E-state index in [0.29, 0.717) is 30.3 Å². The number of carbonyl (C=O) groups is 2. The lowest BCUT2D eigenvalue weighted by molar-refractivity contribution is -0.141. The Bertz CT molecular complexity index is 724. The van der Waals surface area contributed by atoms with Crippen LogP contribution < -0.4 is 5.32 Å². The van der Waals surface area contributed by atoms with Gasteiger partial charge in [0, 0.05) is 13.6 Å². The molecule has 0 radical (unpaired) electrons. The van der Waals surface area contributed by atoms with E-state index in [1.807, 2.05) is 24.4 Å². The summed E-state index contributed by atoms with van der Waals surface area (Å²) in [5, 5.41) is 4.61. The predicted octanol–water partition coefficient (Wildman–Crippen LogP) is 2.38. The molecule has 0 spiro atoms. The van der Waals surface area contributed by atoms with E-state index in [1.165, 1.54) is 0 Å². The molecule has 1 atom stereocenters. The number of piperidine rings is 1. The van der Waals surface area contributed by atoms with Crippen LogP contribution in [0.2, 0.25) is 0 Å². The molecule has 2 aromatic heterocycles. The summed E-state index contributed by atoms with van der Waals surface area (Å²) < 4.78 is 5.69. The van der Waals surface area contributed by atoms with Gasteiger partial charge in [-0.1, -0.05) is 6.07 Å². The van der Waals surface area contributed by atoms with Gasteiger partial charge in [0.2, 0.25) is 17.7 Å².